The Morgan fingerprint density at radius 2 is 1.95 bits per heavy atom. The van der Waals surface area contributed by atoms with Gasteiger partial charge in [0.2, 0.25) is 0 Å². The van der Waals surface area contributed by atoms with E-state index in [0.717, 1.165) is 17.8 Å². The van der Waals surface area contributed by atoms with E-state index in [1.807, 2.05) is 6.92 Å². The van der Waals surface area contributed by atoms with Gasteiger partial charge in [-0.2, -0.15) is 0 Å². The van der Waals surface area contributed by atoms with E-state index >= 15 is 0 Å². The summed E-state index contributed by atoms with van der Waals surface area (Å²) in [6.45, 7) is 2.25. The number of aromatic nitrogens is 1. The van der Waals surface area contributed by atoms with E-state index in [0.29, 0.717) is 17.0 Å². The molecule has 1 heterocycles. The lowest BCUT2D eigenvalue weighted by atomic mass is 10.2. The summed E-state index contributed by atoms with van der Waals surface area (Å²) in [5.41, 5.74) is 7.61. The Morgan fingerprint density at radius 1 is 1.16 bits per heavy atom. The van der Waals surface area contributed by atoms with Gasteiger partial charge in [-0.15, -0.1) is 0 Å². The monoisotopic (exact) mass is 264 g/mol. The Labute approximate surface area is 110 Å². The maximum atomic E-state index is 13.0. The SMILES string of the molecule is Cc1ccc(OCc2ccc(F)c(F)c2)c(CN)n1. The van der Waals surface area contributed by atoms with Gasteiger partial charge in [-0.3, -0.25) is 4.98 Å². The van der Waals surface area contributed by atoms with Gasteiger partial charge in [0.05, 0.1) is 5.69 Å². The maximum absolute atomic E-state index is 13.0. The van der Waals surface area contributed by atoms with Crippen molar-refractivity contribution < 1.29 is 13.5 Å². The van der Waals surface area contributed by atoms with Crippen molar-refractivity contribution in [3.8, 4) is 5.75 Å². The normalized spacial score (nSPS) is 10.5. The van der Waals surface area contributed by atoms with Crippen LogP contribution < -0.4 is 10.5 Å². The summed E-state index contributed by atoms with van der Waals surface area (Å²) in [4.78, 5) is 4.25. The second-order valence-electron chi connectivity index (χ2n) is 4.14. The molecule has 2 rings (SSSR count). The minimum Gasteiger partial charge on any atom is -0.487 e. The molecule has 2 aromatic rings. The fraction of sp³-hybridized carbons (Fsp3) is 0.214. The van der Waals surface area contributed by atoms with Crippen molar-refractivity contribution in [3.63, 3.8) is 0 Å². The Balaban J connectivity index is 2.12. The Morgan fingerprint density at radius 3 is 2.63 bits per heavy atom. The van der Waals surface area contributed by atoms with Crippen LogP contribution in [0.1, 0.15) is 17.0 Å². The van der Waals surface area contributed by atoms with Crippen LogP contribution in [0.3, 0.4) is 0 Å². The molecule has 0 radical (unpaired) electrons. The van der Waals surface area contributed by atoms with E-state index in [1.54, 1.807) is 12.1 Å². The second kappa shape index (κ2) is 5.75. The van der Waals surface area contributed by atoms with Crippen molar-refractivity contribution in [1.82, 2.24) is 4.98 Å². The number of ether oxygens (including phenoxy) is 1. The average Bonchev–Trinajstić information content (AvgIpc) is 2.41. The lowest BCUT2D eigenvalue weighted by molar-refractivity contribution is 0.300. The zero-order chi connectivity index (χ0) is 13.8. The van der Waals surface area contributed by atoms with Crippen LogP contribution in [0.25, 0.3) is 0 Å². The largest absolute Gasteiger partial charge is 0.487 e. The summed E-state index contributed by atoms with van der Waals surface area (Å²) < 4.78 is 31.4. The fourth-order valence-electron chi connectivity index (χ4n) is 1.67. The first-order valence-electron chi connectivity index (χ1n) is 5.83. The van der Waals surface area contributed by atoms with Gasteiger partial charge >= 0.3 is 0 Å². The number of nitrogens with zero attached hydrogens (tertiary/aromatic N) is 1. The highest BCUT2D eigenvalue weighted by atomic mass is 19.2. The highest BCUT2D eigenvalue weighted by Crippen LogP contribution is 2.18. The van der Waals surface area contributed by atoms with E-state index in [-0.39, 0.29) is 13.2 Å². The van der Waals surface area contributed by atoms with Gasteiger partial charge in [0.15, 0.2) is 11.6 Å². The Kier molecular flexibility index (Phi) is 4.06. The summed E-state index contributed by atoms with van der Waals surface area (Å²) >= 11 is 0. The fourth-order valence-corrected chi connectivity index (χ4v) is 1.67. The third-order valence-electron chi connectivity index (χ3n) is 2.64. The van der Waals surface area contributed by atoms with E-state index in [1.165, 1.54) is 6.07 Å². The van der Waals surface area contributed by atoms with Crippen LogP contribution in [-0.4, -0.2) is 4.98 Å². The van der Waals surface area contributed by atoms with Gasteiger partial charge in [-0.05, 0) is 36.8 Å². The van der Waals surface area contributed by atoms with E-state index < -0.39 is 11.6 Å². The molecule has 0 aliphatic carbocycles. The van der Waals surface area contributed by atoms with Gasteiger partial charge < -0.3 is 10.5 Å². The molecule has 1 aromatic carbocycles. The number of hydrogen-bond acceptors (Lipinski definition) is 3. The van der Waals surface area contributed by atoms with Crippen LogP contribution in [0.5, 0.6) is 5.75 Å². The smallest absolute Gasteiger partial charge is 0.159 e. The number of benzene rings is 1. The van der Waals surface area contributed by atoms with Crippen molar-refractivity contribution in [1.29, 1.82) is 0 Å². The average molecular weight is 264 g/mol. The number of pyridine rings is 1. The Bertz CT molecular complexity index is 588. The molecule has 0 saturated heterocycles. The first kappa shape index (κ1) is 13.4. The lowest BCUT2D eigenvalue weighted by Crippen LogP contribution is -2.06. The number of aryl methyl sites for hydroxylation is 1. The van der Waals surface area contributed by atoms with Gasteiger partial charge in [0.1, 0.15) is 12.4 Å². The third kappa shape index (κ3) is 3.26. The van der Waals surface area contributed by atoms with Gasteiger partial charge in [-0.25, -0.2) is 8.78 Å². The van der Waals surface area contributed by atoms with Crippen molar-refractivity contribution >= 4 is 0 Å². The minimum atomic E-state index is -0.887. The number of halogens is 2. The molecular weight excluding hydrogens is 250 g/mol. The first-order chi connectivity index (χ1) is 9.10. The van der Waals surface area contributed by atoms with Crippen LogP contribution in [0, 0.1) is 18.6 Å². The van der Waals surface area contributed by atoms with Crippen LogP contribution in [0.4, 0.5) is 8.78 Å². The van der Waals surface area contributed by atoms with Crippen LogP contribution >= 0.6 is 0 Å². The number of nitrogens with two attached hydrogens (primary N) is 1. The van der Waals surface area contributed by atoms with E-state index in [9.17, 15) is 8.78 Å². The number of hydrogen-bond donors (Lipinski definition) is 1. The molecule has 3 nitrogen and oxygen atoms in total. The molecule has 0 fully saturated rings. The van der Waals surface area contributed by atoms with Crippen LogP contribution in [0.15, 0.2) is 30.3 Å². The molecule has 0 saturated carbocycles. The lowest BCUT2D eigenvalue weighted by Gasteiger charge is -2.10. The van der Waals surface area contributed by atoms with Gasteiger partial charge in [-0.1, -0.05) is 6.07 Å². The third-order valence-corrected chi connectivity index (χ3v) is 2.64. The second-order valence-corrected chi connectivity index (χ2v) is 4.14. The molecule has 5 heteroatoms. The summed E-state index contributed by atoms with van der Waals surface area (Å²) in [5.74, 6) is -1.21. The topological polar surface area (TPSA) is 48.1 Å². The van der Waals surface area contributed by atoms with Crippen LogP contribution in [-0.2, 0) is 13.2 Å². The number of rotatable bonds is 4. The first-order valence-corrected chi connectivity index (χ1v) is 5.83. The molecule has 19 heavy (non-hydrogen) atoms. The molecule has 0 amide bonds. The van der Waals surface area contributed by atoms with Crippen molar-refractivity contribution in [2.75, 3.05) is 0 Å². The maximum Gasteiger partial charge on any atom is 0.159 e. The quantitative estimate of drug-likeness (QED) is 0.923. The summed E-state index contributed by atoms with van der Waals surface area (Å²) in [7, 11) is 0. The minimum absolute atomic E-state index is 0.134. The molecule has 0 aliphatic rings. The summed E-state index contributed by atoms with van der Waals surface area (Å²) in [6.07, 6.45) is 0. The molecule has 0 aliphatic heterocycles. The van der Waals surface area contributed by atoms with Gasteiger partial charge in [0, 0.05) is 12.2 Å². The highest BCUT2D eigenvalue weighted by Gasteiger charge is 2.06. The molecule has 0 bridgehead atoms. The zero-order valence-electron chi connectivity index (χ0n) is 10.5. The molecule has 2 N–H and O–H groups in total. The highest BCUT2D eigenvalue weighted by molar-refractivity contribution is 5.29. The van der Waals surface area contributed by atoms with E-state index in [4.69, 9.17) is 10.5 Å². The molecule has 0 unspecified atom stereocenters. The van der Waals surface area contributed by atoms with Crippen molar-refractivity contribution in [2.45, 2.75) is 20.1 Å². The molecule has 0 atom stereocenters. The van der Waals surface area contributed by atoms with Crippen molar-refractivity contribution in [3.05, 3.63) is 58.9 Å². The molecule has 0 spiro atoms. The van der Waals surface area contributed by atoms with E-state index in [2.05, 4.69) is 4.98 Å². The summed E-state index contributed by atoms with van der Waals surface area (Å²) in [6, 6.07) is 7.23. The Hall–Kier alpha value is -2.01. The molecular formula is C14H14F2N2O. The van der Waals surface area contributed by atoms with Crippen molar-refractivity contribution in [2.24, 2.45) is 5.73 Å². The predicted molar refractivity (Wildman–Crippen MR) is 67.6 cm³/mol. The molecule has 100 valence electrons. The summed E-state index contributed by atoms with van der Waals surface area (Å²) in [5, 5.41) is 0. The van der Waals surface area contributed by atoms with Gasteiger partial charge in [0.25, 0.3) is 0 Å². The predicted octanol–water partition coefficient (Wildman–Crippen LogP) is 2.71. The van der Waals surface area contributed by atoms with Crippen LogP contribution in [0.2, 0.25) is 0 Å². The zero-order valence-corrected chi connectivity index (χ0v) is 10.5. The molecule has 1 aromatic heterocycles. The standard InChI is InChI=1S/C14H14F2N2O/c1-9-2-5-14(13(7-17)18-9)19-8-10-3-4-11(15)12(16)6-10/h2-6H,7-8,17H2,1H3.